The van der Waals surface area contributed by atoms with Crippen molar-refractivity contribution in [3.63, 3.8) is 0 Å². The number of Topliss-reactive ketones (excluding diaryl/α,β-unsaturated/α-hetero) is 1. The van der Waals surface area contributed by atoms with Crippen molar-refractivity contribution in [1.29, 1.82) is 0 Å². The molecule has 1 saturated carbocycles. The largest absolute Gasteiger partial charge is 0.299 e. The molecule has 0 aliphatic heterocycles. The summed E-state index contributed by atoms with van der Waals surface area (Å²) in [6, 6.07) is 0. The van der Waals surface area contributed by atoms with Crippen molar-refractivity contribution >= 4 is 5.78 Å². The summed E-state index contributed by atoms with van der Waals surface area (Å²) < 4.78 is 0. The van der Waals surface area contributed by atoms with Crippen LogP contribution in [0.2, 0.25) is 0 Å². The average Bonchev–Trinajstić information content (AvgIpc) is 2.19. The zero-order valence-electron chi connectivity index (χ0n) is 9.30. The minimum absolute atomic E-state index is 0.299. The zero-order valence-corrected chi connectivity index (χ0v) is 9.30. The van der Waals surface area contributed by atoms with Crippen LogP contribution in [0, 0.1) is 11.8 Å². The molecule has 80 valence electrons. The van der Waals surface area contributed by atoms with Crippen LogP contribution in [0.15, 0.2) is 12.7 Å². The molecule has 0 bridgehead atoms. The van der Waals surface area contributed by atoms with Gasteiger partial charge in [-0.2, -0.15) is 0 Å². The summed E-state index contributed by atoms with van der Waals surface area (Å²) >= 11 is 0. The number of carbonyl (C=O) groups is 1. The van der Waals surface area contributed by atoms with Crippen molar-refractivity contribution in [2.45, 2.75) is 51.9 Å². The molecule has 2 atom stereocenters. The van der Waals surface area contributed by atoms with Crippen LogP contribution < -0.4 is 0 Å². The molecule has 0 amide bonds. The normalized spacial score (nSPS) is 27.6. The highest BCUT2D eigenvalue weighted by molar-refractivity contribution is 5.82. The van der Waals surface area contributed by atoms with Gasteiger partial charge in [-0.1, -0.05) is 25.8 Å². The lowest BCUT2D eigenvalue weighted by Crippen LogP contribution is -2.28. The van der Waals surface area contributed by atoms with E-state index in [1.165, 1.54) is 25.7 Å². The highest BCUT2D eigenvalue weighted by Gasteiger charge is 2.29. The van der Waals surface area contributed by atoms with Gasteiger partial charge >= 0.3 is 0 Å². The summed E-state index contributed by atoms with van der Waals surface area (Å²) in [5.41, 5.74) is 0. The van der Waals surface area contributed by atoms with E-state index in [1.807, 2.05) is 6.08 Å². The van der Waals surface area contributed by atoms with Gasteiger partial charge in [0.2, 0.25) is 0 Å². The number of hydrogen-bond donors (Lipinski definition) is 0. The Balaban J connectivity index is 2.50. The Morgan fingerprint density at radius 3 is 3.00 bits per heavy atom. The second kappa shape index (κ2) is 6.00. The summed E-state index contributed by atoms with van der Waals surface area (Å²) in [7, 11) is 0. The lowest BCUT2D eigenvalue weighted by molar-refractivity contribution is -0.126. The van der Waals surface area contributed by atoms with Crippen molar-refractivity contribution in [1.82, 2.24) is 0 Å². The Morgan fingerprint density at radius 2 is 2.36 bits per heavy atom. The van der Waals surface area contributed by atoms with Gasteiger partial charge in [0.05, 0.1) is 0 Å². The average molecular weight is 194 g/mol. The van der Waals surface area contributed by atoms with E-state index in [0.717, 1.165) is 19.3 Å². The molecular formula is C13H22O. The number of allylic oxidation sites excluding steroid dienone is 1. The van der Waals surface area contributed by atoms with Crippen LogP contribution in [0.25, 0.3) is 0 Å². The second-order valence-electron chi connectivity index (χ2n) is 4.39. The third kappa shape index (κ3) is 2.97. The Bertz CT molecular complexity index is 195. The minimum atomic E-state index is 0.299. The van der Waals surface area contributed by atoms with Crippen LogP contribution in [-0.4, -0.2) is 5.78 Å². The summed E-state index contributed by atoms with van der Waals surface area (Å²) in [6.07, 6.45) is 9.73. The summed E-state index contributed by atoms with van der Waals surface area (Å²) in [5, 5.41) is 0. The maximum absolute atomic E-state index is 11.7. The van der Waals surface area contributed by atoms with E-state index in [-0.39, 0.29) is 0 Å². The maximum atomic E-state index is 11.7. The van der Waals surface area contributed by atoms with E-state index < -0.39 is 0 Å². The predicted molar refractivity (Wildman–Crippen MR) is 60.2 cm³/mol. The molecule has 0 aromatic rings. The molecule has 0 aromatic heterocycles. The van der Waals surface area contributed by atoms with Crippen molar-refractivity contribution < 1.29 is 4.79 Å². The van der Waals surface area contributed by atoms with E-state index in [1.54, 1.807) is 0 Å². The Labute approximate surface area is 87.6 Å². The fraction of sp³-hybridized carbons (Fsp3) is 0.769. The Kier molecular flexibility index (Phi) is 4.92. The van der Waals surface area contributed by atoms with Crippen LogP contribution in [0.1, 0.15) is 51.9 Å². The number of carbonyl (C=O) groups excluding carboxylic acids is 1. The van der Waals surface area contributed by atoms with E-state index in [0.29, 0.717) is 17.6 Å². The monoisotopic (exact) mass is 194 g/mol. The quantitative estimate of drug-likeness (QED) is 0.609. The number of ketones is 1. The molecule has 1 nitrogen and oxygen atoms in total. The number of hydrogen-bond acceptors (Lipinski definition) is 1. The van der Waals surface area contributed by atoms with Crippen LogP contribution in [0.5, 0.6) is 0 Å². The number of unbranched alkanes of at least 4 members (excludes halogenated alkanes) is 1. The van der Waals surface area contributed by atoms with E-state index in [4.69, 9.17) is 0 Å². The van der Waals surface area contributed by atoms with Gasteiger partial charge in [-0.25, -0.2) is 0 Å². The maximum Gasteiger partial charge on any atom is 0.136 e. The SMILES string of the molecule is C=CC[C@H]1C(=O)CCC[C@@H]1CCCC. The lowest BCUT2D eigenvalue weighted by Gasteiger charge is -2.29. The Morgan fingerprint density at radius 1 is 1.57 bits per heavy atom. The van der Waals surface area contributed by atoms with Gasteiger partial charge in [-0.3, -0.25) is 4.79 Å². The third-order valence-electron chi connectivity index (χ3n) is 3.33. The van der Waals surface area contributed by atoms with E-state index >= 15 is 0 Å². The van der Waals surface area contributed by atoms with Crippen molar-refractivity contribution in [2.75, 3.05) is 0 Å². The van der Waals surface area contributed by atoms with Gasteiger partial charge in [-0.05, 0) is 31.6 Å². The van der Waals surface area contributed by atoms with Gasteiger partial charge in [-0.15, -0.1) is 6.58 Å². The molecule has 0 aromatic carbocycles. The molecule has 0 unspecified atom stereocenters. The van der Waals surface area contributed by atoms with Gasteiger partial charge in [0.25, 0.3) is 0 Å². The molecular weight excluding hydrogens is 172 g/mol. The van der Waals surface area contributed by atoms with Gasteiger partial charge < -0.3 is 0 Å². The van der Waals surface area contributed by atoms with Crippen LogP contribution in [0.3, 0.4) is 0 Å². The van der Waals surface area contributed by atoms with Crippen molar-refractivity contribution in [3.05, 3.63) is 12.7 Å². The molecule has 0 radical (unpaired) electrons. The van der Waals surface area contributed by atoms with Gasteiger partial charge in [0.1, 0.15) is 5.78 Å². The smallest absolute Gasteiger partial charge is 0.136 e. The molecule has 1 heteroatoms. The molecule has 14 heavy (non-hydrogen) atoms. The van der Waals surface area contributed by atoms with Gasteiger partial charge in [0.15, 0.2) is 0 Å². The lowest BCUT2D eigenvalue weighted by atomic mass is 9.74. The molecule has 1 rings (SSSR count). The molecule has 1 aliphatic rings. The molecule has 0 saturated heterocycles. The topological polar surface area (TPSA) is 17.1 Å². The minimum Gasteiger partial charge on any atom is -0.299 e. The fourth-order valence-corrected chi connectivity index (χ4v) is 2.50. The third-order valence-corrected chi connectivity index (χ3v) is 3.33. The van der Waals surface area contributed by atoms with Crippen molar-refractivity contribution in [2.24, 2.45) is 11.8 Å². The predicted octanol–water partition coefficient (Wildman–Crippen LogP) is 3.74. The zero-order chi connectivity index (χ0) is 10.4. The first-order chi connectivity index (χ1) is 6.79. The fourth-order valence-electron chi connectivity index (χ4n) is 2.50. The van der Waals surface area contributed by atoms with Crippen LogP contribution in [-0.2, 0) is 4.79 Å². The molecule has 0 heterocycles. The highest BCUT2D eigenvalue weighted by Crippen LogP contribution is 2.33. The summed E-state index contributed by atoms with van der Waals surface area (Å²) in [6.45, 7) is 5.97. The molecule has 1 aliphatic carbocycles. The first-order valence-electron chi connectivity index (χ1n) is 5.93. The second-order valence-corrected chi connectivity index (χ2v) is 4.39. The Hall–Kier alpha value is -0.590. The first kappa shape index (κ1) is 11.5. The van der Waals surface area contributed by atoms with Gasteiger partial charge in [0, 0.05) is 12.3 Å². The first-order valence-corrected chi connectivity index (χ1v) is 5.93. The molecule has 0 spiro atoms. The van der Waals surface area contributed by atoms with E-state index in [9.17, 15) is 4.79 Å². The van der Waals surface area contributed by atoms with E-state index in [2.05, 4.69) is 13.5 Å². The number of rotatable bonds is 5. The summed E-state index contributed by atoms with van der Waals surface area (Å²) in [5.74, 6) is 1.43. The van der Waals surface area contributed by atoms with Crippen LogP contribution in [0.4, 0.5) is 0 Å². The standard InChI is InChI=1S/C13H22O/c1-3-5-8-11-9-6-10-13(14)12(11)7-4-2/h4,11-12H,2-3,5-10H2,1H3/t11-,12+/m0/s1. The highest BCUT2D eigenvalue weighted by atomic mass is 16.1. The van der Waals surface area contributed by atoms with Crippen LogP contribution >= 0.6 is 0 Å². The van der Waals surface area contributed by atoms with Crippen molar-refractivity contribution in [3.8, 4) is 0 Å². The summed E-state index contributed by atoms with van der Waals surface area (Å²) in [4.78, 5) is 11.7. The molecule has 0 N–H and O–H groups in total. The molecule has 1 fully saturated rings.